The van der Waals surface area contributed by atoms with E-state index in [0.717, 1.165) is 22.0 Å². The summed E-state index contributed by atoms with van der Waals surface area (Å²) in [6.45, 7) is -0.451. The number of halogens is 1. The van der Waals surface area contributed by atoms with Crippen LogP contribution >= 0.6 is 11.6 Å². The number of aliphatic hydroxyl groups excluding tert-OH is 1. The van der Waals surface area contributed by atoms with Crippen LogP contribution in [0.2, 0.25) is 5.02 Å². The van der Waals surface area contributed by atoms with Gasteiger partial charge in [-0.2, -0.15) is 0 Å². The monoisotopic (exact) mass is 414 g/mol. The molecule has 3 aromatic rings. The van der Waals surface area contributed by atoms with Crippen LogP contribution < -0.4 is 10.1 Å². The lowest BCUT2D eigenvalue weighted by Gasteiger charge is -2.31. The summed E-state index contributed by atoms with van der Waals surface area (Å²) in [6, 6.07) is 11.8. The summed E-state index contributed by atoms with van der Waals surface area (Å²) in [4.78, 5) is 26.6. The zero-order chi connectivity index (χ0) is 20.5. The first-order chi connectivity index (χ1) is 13.9. The fraction of sp³-hybridized carbons (Fsp3) is 0.238. The van der Waals surface area contributed by atoms with E-state index in [4.69, 9.17) is 21.4 Å². The summed E-state index contributed by atoms with van der Waals surface area (Å²) in [7, 11) is 0. The lowest BCUT2D eigenvalue weighted by molar-refractivity contribution is -0.139. The van der Waals surface area contributed by atoms with E-state index < -0.39 is 24.7 Å². The maximum absolute atomic E-state index is 12.7. The number of rotatable bonds is 5. The average molecular weight is 415 g/mol. The quantitative estimate of drug-likeness (QED) is 0.512. The number of ether oxygens (including phenoxy) is 1. The number of hydrogen-bond acceptors (Lipinski definition) is 4. The van der Waals surface area contributed by atoms with Crippen molar-refractivity contribution in [3.8, 4) is 5.75 Å². The molecule has 1 aliphatic carbocycles. The summed E-state index contributed by atoms with van der Waals surface area (Å²) in [5.74, 6) is -0.952. The molecule has 1 amide bonds. The van der Waals surface area contributed by atoms with E-state index in [-0.39, 0.29) is 5.91 Å². The highest BCUT2D eigenvalue weighted by Gasteiger charge is 2.30. The van der Waals surface area contributed by atoms with Gasteiger partial charge in [0, 0.05) is 22.3 Å². The van der Waals surface area contributed by atoms with Gasteiger partial charge in [0.15, 0.2) is 6.61 Å². The van der Waals surface area contributed by atoms with Gasteiger partial charge in [-0.3, -0.25) is 4.79 Å². The van der Waals surface area contributed by atoms with Crippen LogP contribution in [0.15, 0.2) is 42.5 Å². The zero-order valence-corrected chi connectivity index (χ0v) is 16.1. The van der Waals surface area contributed by atoms with Gasteiger partial charge in [-0.1, -0.05) is 23.7 Å². The molecule has 0 radical (unpaired) electrons. The van der Waals surface area contributed by atoms with Gasteiger partial charge in [0.25, 0.3) is 5.91 Å². The molecule has 1 heterocycles. The molecule has 0 saturated heterocycles. The van der Waals surface area contributed by atoms with Crippen molar-refractivity contribution in [1.29, 1.82) is 0 Å². The van der Waals surface area contributed by atoms with Gasteiger partial charge >= 0.3 is 5.97 Å². The number of hydrogen-bond donors (Lipinski definition) is 4. The highest BCUT2D eigenvalue weighted by atomic mass is 35.5. The fourth-order valence-electron chi connectivity index (χ4n) is 3.65. The Kier molecular flexibility index (Phi) is 5.17. The summed E-state index contributed by atoms with van der Waals surface area (Å²) in [5.41, 5.74) is 2.84. The minimum atomic E-state index is -1.07. The van der Waals surface area contributed by atoms with Crippen LogP contribution in [0.4, 0.5) is 0 Å². The van der Waals surface area contributed by atoms with E-state index in [2.05, 4.69) is 10.3 Å². The molecule has 0 bridgehead atoms. The molecule has 0 unspecified atom stereocenters. The number of carboxylic acid groups (broad SMARTS) is 1. The zero-order valence-electron chi connectivity index (χ0n) is 15.3. The van der Waals surface area contributed by atoms with Gasteiger partial charge in [0.1, 0.15) is 11.4 Å². The molecule has 8 heteroatoms. The number of fused-ring (bicyclic) bond motifs is 2. The number of carboxylic acids is 1. The Morgan fingerprint density at radius 3 is 2.83 bits per heavy atom. The van der Waals surface area contributed by atoms with Gasteiger partial charge in [0.2, 0.25) is 0 Å². The molecule has 0 saturated carbocycles. The number of aliphatic hydroxyl groups is 1. The number of H-pyrrole nitrogens is 1. The minimum Gasteiger partial charge on any atom is -0.482 e. The van der Waals surface area contributed by atoms with Crippen LogP contribution in [-0.2, 0) is 17.6 Å². The Balaban J connectivity index is 1.53. The summed E-state index contributed by atoms with van der Waals surface area (Å²) < 4.78 is 5.38. The highest BCUT2D eigenvalue weighted by molar-refractivity contribution is 6.31. The molecule has 1 aliphatic rings. The number of nitrogens with one attached hydrogen (secondary N) is 2. The topological polar surface area (TPSA) is 112 Å². The van der Waals surface area contributed by atoms with Gasteiger partial charge in [-0.25, -0.2) is 4.79 Å². The maximum Gasteiger partial charge on any atom is 0.341 e. The molecular weight excluding hydrogens is 396 g/mol. The molecule has 0 aliphatic heterocycles. The predicted octanol–water partition coefficient (Wildman–Crippen LogP) is 2.54. The molecule has 4 rings (SSSR count). The van der Waals surface area contributed by atoms with Crippen LogP contribution in [0.1, 0.15) is 21.6 Å². The summed E-state index contributed by atoms with van der Waals surface area (Å²) >= 11 is 5.99. The van der Waals surface area contributed by atoms with Crippen molar-refractivity contribution in [2.24, 2.45) is 0 Å². The second kappa shape index (κ2) is 7.77. The first kappa shape index (κ1) is 19.3. The third-order valence-electron chi connectivity index (χ3n) is 5.04. The second-order valence-electron chi connectivity index (χ2n) is 7.05. The molecular formula is C21H19ClN2O5. The van der Waals surface area contributed by atoms with Crippen molar-refractivity contribution in [2.45, 2.75) is 25.0 Å². The van der Waals surface area contributed by atoms with E-state index in [1.807, 2.05) is 6.07 Å². The van der Waals surface area contributed by atoms with E-state index in [0.29, 0.717) is 29.3 Å². The Bertz CT molecular complexity index is 1090. The molecule has 2 atom stereocenters. The molecule has 4 N–H and O–H groups in total. The van der Waals surface area contributed by atoms with Crippen LogP contribution in [0.25, 0.3) is 10.9 Å². The highest BCUT2D eigenvalue weighted by Crippen LogP contribution is 2.30. The van der Waals surface area contributed by atoms with Gasteiger partial charge in [-0.15, -0.1) is 0 Å². The maximum atomic E-state index is 12.7. The first-order valence-electron chi connectivity index (χ1n) is 9.13. The Labute approximate surface area is 171 Å². The van der Waals surface area contributed by atoms with E-state index in [1.165, 1.54) is 0 Å². The number of benzene rings is 2. The molecule has 0 fully saturated rings. The number of amides is 1. The van der Waals surface area contributed by atoms with Crippen molar-refractivity contribution in [3.05, 3.63) is 64.3 Å². The van der Waals surface area contributed by atoms with Gasteiger partial charge in [0.05, 0.1) is 12.1 Å². The SMILES string of the molecule is O=C(O)COc1cccc2c1C[C@@H](NC(=O)c1cc3cc(Cl)ccc3[nH]1)[C@H](O)C2. The van der Waals surface area contributed by atoms with Crippen LogP contribution in [0.3, 0.4) is 0 Å². The molecule has 1 aromatic heterocycles. The number of aromatic amines is 1. The van der Waals surface area contributed by atoms with E-state index >= 15 is 0 Å². The lowest BCUT2D eigenvalue weighted by Crippen LogP contribution is -2.48. The third-order valence-corrected chi connectivity index (χ3v) is 5.28. The van der Waals surface area contributed by atoms with Gasteiger partial charge in [-0.05, 0) is 47.9 Å². The number of carbonyl (C=O) groups excluding carboxylic acids is 1. The van der Waals surface area contributed by atoms with Gasteiger partial charge < -0.3 is 25.3 Å². The van der Waals surface area contributed by atoms with Crippen molar-refractivity contribution in [1.82, 2.24) is 10.3 Å². The summed E-state index contributed by atoms with van der Waals surface area (Å²) in [6.07, 6.45) is -0.0864. The van der Waals surface area contributed by atoms with Crippen molar-refractivity contribution >= 4 is 34.4 Å². The molecule has 150 valence electrons. The Hall–Kier alpha value is -3.03. The third kappa shape index (κ3) is 4.06. The molecule has 2 aromatic carbocycles. The summed E-state index contributed by atoms with van der Waals surface area (Å²) in [5, 5.41) is 23.7. The largest absolute Gasteiger partial charge is 0.482 e. The van der Waals surface area contributed by atoms with Crippen molar-refractivity contribution in [3.63, 3.8) is 0 Å². The molecule has 0 spiro atoms. The standard InChI is InChI=1S/C21H19ClN2O5/c22-13-4-5-15-12(6-13)7-17(23-15)21(28)24-16-9-14-11(8-18(16)25)2-1-3-19(14)29-10-20(26)27/h1-7,16,18,23,25H,8-10H2,(H,24,28)(H,26,27)/t16-,18-/m1/s1. The Morgan fingerprint density at radius 2 is 2.03 bits per heavy atom. The number of aliphatic carboxylic acids is 1. The molecule has 29 heavy (non-hydrogen) atoms. The van der Waals surface area contributed by atoms with Crippen molar-refractivity contribution in [2.75, 3.05) is 6.61 Å². The number of aromatic nitrogens is 1. The Morgan fingerprint density at radius 1 is 1.21 bits per heavy atom. The van der Waals surface area contributed by atoms with Crippen LogP contribution in [0, 0.1) is 0 Å². The van der Waals surface area contributed by atoms with Crippen molar-refractivity contribution < 1.29 is 24.5 Å². The van der Waals surface area contributed by atoms with Crippen LogP contribution in [-0.4, -0.2) is 45.8 Å². The van der Waals surface area contributed by atoms with Crippen LogP contribution in [0.5, 0.6) is 5.75 Å². The smallest absolute Gasteiger partial charge is 0.341 e. The lowest BCUT2D eigenvalue weighted by atomic mass is 9.85. The second-order valence-corrected chi connectivity index (χ2v) is 7.48. The number of carbonyl (C=O) groups is 2. The average Bonchev–Trinajstić information content (AvgIpc) is 3.10. The normalized spacial score (nSPS) is 18.3. The van der Waals surface area contributed by atoms with E-state index in [1.54, 1.807) is 36.4 Å². The minimum absolute atomic E-state index is 0.337. The van der Waals surface area contributed by atoms with E-state index in [9.17, 15) is 14.7 Å². The predicted molar refractivity (Wildman–Crippen MR) is 108 cm³/mol. The first-order valence-corrected chi connectivity index (χ1v) is 9.51. The fourth-order valence-corrected chi connectivity index (χ4v) is 3.83. The molecule has 7 nitrogen and oxygen atoms in total.